The Labute approximate surface area is 212 Å². The normalized spacial score (nSPS) is 21.9. The molecule has 0 bridgehead atoms. The maximum Gasteiger partial charge on any atom is 0.156 e. The molecule has 0 amide bonds. The van der Waals surface area contributed by atoms with Gasteiger partial charge in [0.05, 0.1) is 37.3 Å². The van der Waals surface area contributed by atoms with E-state index in [0.717, 1.165) is 79.2 Å². The number of morpholine rings is 1. The smallest absolute Gasteiger partial charge is 0.156 e. The molecule has 8 heteroatoms. The van der Waals surface area contributed by atoms with Gasteiger partial charge in [-0.3, -0.25) is 4.68 Å². The quantitative estimate of drug-likeness (QED) is 0.439. The number of likely N-dealkylation sites (tertiary alicyclic amines) is 1. The summed E-state index contributed by atoms with van der Waals surface area (Å²) >= 11 is 0. The largest absolute Gasteiger partial charge is 0.377 e. The van der Waals surface area contributed by atoms with Gasteiger partial charge >= 0.3 is 0 Å². The molecule has 0 radical (unpaired) electrons. The van der Waals surface area contributed by atoms with Crippen LogP contribution < -0.4 is 4.90 Å². The van der Waals surface area contributed by atoms with Crippen molar-refractivity contribution in [2.24, 2.45) is 0 Å². The summed E-state index contributed by atoms with van der Waals surface area (Å²) in [6.07, 6.45) is 10.3. The fourth-order valence-corrected chi connectivity index (χ4v) is 5.74. The molecule has 3 aromatic heterocycles. The number of nitrogens with zero attached hydrogens (tertiary/aromatic N) is 6. The van der Waals surface area contributed by atoms with Crippen LogP contribution >= 0.6 is 0 Å². The first-order chi connectivity index (χ1) is 17.6. The molecular formula is C28H35N7O. The van der Waals surface area contributed by atoms with Crippen molar-refractivity contribution in [3.05, 3.63) is 49.1 Å². The zero-order valence-electron chi connectivity index (χ0n) is 21.4. The van der Waals surface area contributed by atoms with Crippen molar-refractivity contribution < 1.29 is 4.74 Å². The maximum atomic E-state index is 5.69. The van der Waals surface area contributed by atoms with Gasteiger partial charge in [-0.2, -0.15) is 5.10 Å². The minimum absolute atomic E-state index is 0.360. The number of aromatic nitrogens is 5. The van der Waals surface area contributed by atoms with Crippen molar-refractivity contribution in [1.82, 2.24) is 29.6 Å². The minimum Gasteiger partial charge on any atom is -0.377 e. The monoisotopic (exact) mass is 485 g/mol. The van der Waals surface area contributed by atoms with Crippen LogP contribution in [0, 0.1) is 0 Å². The lowest BCUT2D eigenvalue weighted by atomic mass is 10.1. The van der Waals surface area contributed by atoms with Crippen molar-refractivity contribution in [3.8, 4) is 22.4 Å². The van der Waals surface area contributed by atoms with E-state index in [-0.39, 0.29) is 0 Å². The Morgan fingerprint density at radius 2 is 1.75 bits per heavy atom. The molecule has 6 rings (SSSR count). The number of piperidine rings is 1. The molecular weight excluding hydrogens is 450 g/mol. The van der Waals surface area contributed by atoms with Crippen molar-refractivity contribution in [3.63, 3.8) is 0 Å². The van der Waals surface area contributed by atoms with E-state index in [4.69, 9.17) is 14.8 Å². The molecule has 2 aliphatic rings. The molecule has 0 aliphatic carbocycles. The third kappa shape index (κ3) is 4.29. The molecule has 36 heavy (non-hydrogen) atoms. The number of nitrogens with one attached hydrogen (secondary N) is 1. The Kier molecular flexibility index (Phi) is 6.23. The molecule has 5 heterocycles. The highest BCUT2D eigenvalue weighted by Gasteiger charge is 2.25. The molecule has 188 valence electrons. The van der Waals surface area contributed by atoms with Crippen molar-refractivity contribution in [2.45, 2.75) is 51.7 Å². The SMILES string of the molecule is CCN1CCC(n2cc(-c3c[nH]c4ncc(-c5ccc(N6[C@H](C)COC[C@H]6C)cc5)nc34)cn2)CC1. The third-order valence-electron chi connectivity index (χ3n) is 7.80. The predicted octanol–water partition coefficient (Wildman–Crippen LogP) is 4.76. The summed E-state index contributed by atoms with van der Waals surface area (Å²) < 4.78 is 7.84. The van der Waals surface area contributed by atoms with Crippen LogP contribution in [0.25, 0.3) is 33.5 Å². The summed E-state index contributed by atoms with van der Waals surface area (Å²) in [4.78, 5) is 17.9. The molecule has 1 N–H and O–H groups in total. The van der Waals surface area contributed by atoms with E-state index in [2.05, 4.69) is 75.7 Å². The van der Waals surface area contributed by atoms with Gasteiger partial charge in [-0.25, -0.2) is 9.97 Å². The van der Waals surface area contributed by atoms with E-state index in [0.29, 0.717) is 18.1 Å². The van der Waals surface area contributed by atoms with Crippen LogP contribution in [-0.2, 0) is 4.74 Å². The zero-order valence-corrected chi connectivity index (χ0v) is 21.4. The summed E-state index contributed by atoms with van der Waals surface area (Å²) in [6, 6.07) is 9.84. The molecule has 4 aromatic rings. The highest BCUT2D eigenvalue weighted by molar-refractivity contribution is 5.91. The van der Waals surface area contributed by atoms with Crippen LogP contribution in [0.1, 0.15) is 39.7 Å². The van der Waals surface area contributed by atoms with Crippen LogP contribution in [0.15, 0.2) is 49.1 Å². The van der Waals surface area contributed by atoms with Gasteiger partial charge < -0.3 is 19.5 Å². The fraction of sp³-hybridized carbons (Fsp3) is 0.464. The summed E-state index contributed by atoms with van der Waals surface area (Å²) in [5, 5.41) is 4.72. The number of hydrogen-bond donors (Lipinski definition) is 1. The molecule has 2 fully saturated rings. The second-order valence-corrected chi connectivity index (χ2v) is 10.2. The van der Waals surface area contributed by atoms with E-state index in [1.54, 1.807) is 0 Å². The van der Waals surface area contributed by atoms with Gasteiger partial charge in [0, 0.05) is 59.9 Å². The Hall–Kier alpha value is -3.23. The van der Waals surface area contributed by atoms with E-state index in [9.17, 15) is 0 Å². The molecule has 2 atom stereocenters. The first-order valence-corrected chi connectivity index (χ1v) is 13.2. The summed E-state index contributed by atoms with van der Waals surface area (Å²) in [7, 11) is 0. The fourth-order valence-electron chi connectivity index (χ4n) is 5.74. The number of aromatic amines is 1. The standard InChI is InChI=1S/C28H35N7O/c1-4-33-11-9-23(10-12-33)34-16-22(13-31-34)25-14-29-28-27(25)32-26(15-30-28)21-5-7-24(8-6-21)35-19(2)17-36-18-20(35)3/h5-8,13-16,19-20,23H,4,9-12,17-18H2,1-3H3,(H,29,30)/t19-,20-/m1/s1. The molecule has 8 nitrogen and oxygen atoms in total. The van der Waals surface area contributed by atoms with Crippen LogP contribution in [0.5, 0.6) is 0 Å². The minimum atomic E-state index is 0.360. The summed E-state index contributed by atoms with van der Waals surface area (Å²) in [5.41, 5.74) is 6.96. The van der Waals surface area contributed by atoms with Gasteiger partial charge in [0.2, 0.25) is 0 Å². The topological polar surface area (TPSA) is 75.1 Å². The van der Waals surface area contributed by atoms with E-state index >= 15 is 0 Å². The highest BCUT2D eigenvalue weighted by atomic mass is 16.5. The molecule has 0 saturated carbocycles. The van der Waals surface area contributed by atoms with Crippen LogP contribution in [0.3, 0.4) is 0 Å². The first kappa shape index (κ1) is 23.2. The zero-order chi connectivity index (χ0) is 24.6. The van der Waals surface area contributed by atoms with Gasteiger partial charge in [0.15, 0.2) is 5.65 Å². The summed E-state index contributed by atoms with van der Waals surface area (Å²) in [6.45, 7) is 11.6. The Balaban J connectivity index is 1.25. The number of ether oxygens (including phenoxy) is 1. The van der Waals surface area contributed by atoms with E-state index in [1.807, 2.05) is 18.6 Å². The average Bonchev–Trinajstić information content (AvgIpc) is 3.56. The second-order valence-electron chi connectivity index (χ2n) is 10.2. The van der Waals surface area contributed by atoms with Gasteiger partial charge in [-0.15, -0.1) is 0 Å². The molecule has 1 aromatic carbocycles. The average molecular weight is 486 g/mol. The lowest BCUT2D eigenvalue weighted by Gasteiger charge is -2.40. The van der Waals surface area contributed by atoms with Gasteiger partial charge in [0.25, 0.3) is 0 Å². The molecule has 2 aliphatic heterocycles. The van der Waals surface area contributed by atoms with E-state index in [1.165, 1.54) is 5.69 Å². The first-order valence-electron chi connectivity index (χ1n) is 13.2. The number of hydrogen-bond acceptors (Lipinski definition) is 6. The molecule has 2 saturated heterocycles. The van der Waals surface area contributed by atoms with Crippen molar-refractivity contribution >= 4 is 16.9 Å². The predicted molar refractivity (Wildman–Crippen MR) is 143 cm³/mol. The number of anilines is 1. The number of rotatable bonds is 5. The van der Waals surface area contributed by atoms with Gasteiger partial charge in [0.1, 0.15) is 5.52 Å². The second kappa shape index (κ2) is 9.67. The number of fused-ring (bicyclic) bond motifs is 1. The molecule has 0 unspecified atom stereocenters. The summed E-state index contributed by atoms with van der Waals surface area (Å²) in [5.74, 6) is 0. The lowest BCUT2D eigenvalue weighted by molar-refractivity contribution is 0.0757. The number of benzene rings is 1. The van der Waals surface area contributed by atoms with Gasteiger partial charge in [-0.05, 0) is 45.4 Å². The maximum absolute atomic E-state index is 5.69. The van der Waals surface area contributed by atoms with Crippen LogP contribution in [0.4, 0.5) is 5.69 Å². The van der Waals surface area contributed by atoms with Crippen molar-refractivity contribution in [2.75, 3.05) is 37.7 Å². The lowest BCUT2D eigenvalue weighted by Crippen LogP contribution is -2.49. The van der Waals surface area contributed by atoms with Crippen LogP contribution in [0.2, 0.25) is 0 Å². The third-order valence-corrected chi connectivity index (χ3v) is 7.80. The van der Waals surface area contributed by atoms with Crippen LogP contribution in [-0.4, -0.2) is 74.6 Å². The molecule has 0 spiro atoms. The Bertz CT molecular complexity index is 1310. The Morgan fingerprint density at radius 3 is 2.47 bits per heavy atom. The van der Waals surface area contributed by atoms with Crippen molar-refractivity contribution in [1.29, 1.82) is 0 Å². The van der Waals surface area contributed by atoms with Gasteiger partial charge in [-0.1, -0.05) is 19.1 Å². The van der Waals surface area contributed by atoms with E-state index < -0.39 is 0 Å². The Morgan fingerprint density at radius 1 is 1.00 bits per heavy atom. The number of H-pyrrole nitrogens is 1. The highest BCUT2D eigenvalue weighted by Crippen LogP contribution is 2.31.